The van der Waals surface area contributed by atoms with Gasteiger partial charge in [-0.05, 0) is 23.8 Å². The number of aryl methyl sites for hydroxylation is 1. The second-order valence-corrected chi connectivity index (χ2v) is 6.47. The van der Waals surface area contributed by atoms with E-state index in [2.05, 4.69) is 5.10 Å². The van der Waals surface area contributed by atoms with Gasteiger partial charge in [-0.25, -0.2) is 8.78 Å². The summed E-state index contributed by atoms with van der Waals surface area (Å²) >= 11 is 0. The maximum Gasteiger partial charge on any atom is 0.305 e. The molecule has 0 aliphatic rings. The molecule has 0 unspecified atom stereocenters. The van der Waals surface area contributed by atoms with Gasteiger partial charge in [-0.3, -0.25) is 14.3 Å². The molecule has 8 heteroatoms. The first-order valence-corrected chi connectivity index (χ1v) is 8.69. The summed E-state index contributed by atoms with van der Waals surface area (Å²) in [5, 5.41) is 14.2. The van der Waals surface area contributed by atoms with Crippen LogP contribution in [0.4, 0.5) is 8.78 Å². The Bertz CT molecular complexity index is 1030. The van der Waals surface area contributed by atoms with E-state index in [1.54, 1.807) is 11.7 Å². The monoisotopic (exact) mass is 387 g/mol. The molecule has 1 amide bonds. The van der Waals surface area contributed by atoms with Crippen molar-refractivity contribution in [1.29, 1.82) is 0 Å². The lowest BCUT2D eigenvalue weighted by Gasteiger charge is -2.22. The zero-order valence-electron chi connectivity index (χ0n) is 15.2. The van der Waals surface area contributed by atoms with E-state index in [-0.39, 0.29) is 31.8 Å². The number of aliphatic carboxylic acids is 1. The number of hydrogen-bond donors (Lipinski definition) is 1. The normalized spacial score (nSPS) is 11.0. The van der Waals surface area contributed by atoms with E-state index in [0.717, 1.165) is 23.0 Å². The van der Waals surface area contributed by atoms with Crippen LogP contribution in [0.3, 0.4) is 0 Å². The van der Waals surface area contributed by atoms with Gasteiger partial charge in [0.1, 0.15) is 0 Å². The third-order valence-corrected chi connectivity index (χ3v) is 4.46. The molecule has 28 heavy (non-hydrogen) atoms. The Morgan fingerprint density at radius 3 is 2.61 bits per heavy atom. The zero-order chi connectivity index (χ0) is 20.3. The number of rotatable bonds is 7. The molecular formula is C20H19F2N3O3. The summed E-state index contributed by atoms with van der Waals surface area (Å²) in [7, 11) is 1.78. The summed E-state index contributed by atoms with van der Waals surface area (Å²) < 4.78 is 28.3. The van der Waals surface area contributed by atoms with Gasteiger partial charge in [0.25, 0.3) is 0 Å². The van der Waals surface area contributed by atoms with Crippen LogP contribution >= 0.6 is 0 Å². The SMILES string of the molecule is Cn1nc(CC(=O)N(CCC(=O)O)Cc2ccc(F)c(F)c2)c2ccccc21. The Morgan fingerprint density at radius 1 is 1.14 bits per heavy atom. The molecule has 1 aromatic heterocycles. The number of hydrogen-bond acceptors (Lipinski definition) is 3. The van der Waals surface area contributed by atoms with Crippen LogP contribution in [-0.4, -0.2) is 38.2 Å². The Kier molecular flexibility index (Phi) is 5.67. The molecule has 0 saturated carbocycles. The number of nitrogens with zero attached hydrogens (tertiary/aromatic N) is 3. The minimum Gasteiger partial charge on any atom is -0.481 e. The second-order valence-electron chi connectivity index (χ2n) is 6.47. The molecule has 1 heterocycles. The molecule has 2 aromatic carbocycles. The molecule has 0 spiro atoms. The fourth-order valence-electron chi connectivity index (χ4n) is 3.06. The molecule has 3 rings (SSSR count). The molecule has 3 aromatic rings. The summed E-state index contributed by atoms with van der Waals surface area (Å²) in [5.74, 6) is -3.38. The highest BCUT2D eigenvalue weighted by atomic mass is 19.2. The van der Waals surface area contributed by atoms with E-state index >= 15 is 0 Å². The maximum atomic E-state index is 13.5. The van der Waals surface area contributed by atoms with E-state index in [9.17, 15) is 18.4 Å². The maximum absolute atomic E-state index is 13.5. The molecule has 0 fully saturated rings. The smallest absolute Gasteiger partial charge is 0.305 e. The van der Waals surface area contributed by atoms with Crippen LogP contribution in [0, 0.1) is 11.6 Å². The number of carboxylic acid groups (broad SMARTS) is 1. The number of para-hydroxylation sites is 1. The van der Waals surface area contributed by atoms with Crippen LogP contribution in [0.5, 0.6) is 0 Å². The predicted octanol–water partition coefficient (Wildman–Crippen LogP) is 2.90. The Balaban J connectivity index is 1.82. The van der Waals surface area contributed by atoms with Crippen molar-refractivity contribution in [2.45, 2.75) is 19.4 Å². The molecule has 0 aliphatic carbocycles. The summed E-state index contributed by atoms with van der Waals surface area (Å²) in [6.45, 7) is -0.0635. The van der Waals surface area contributed by atoms with Crippen molar-refractivity contribution < 1.29 is 23.5 Å². The standard InChI is InChI=1S/C20H19F2N3O3/c1-24-18-5-3-2-4-14(18)17(23-24)11-19(26)25(9-8-20(27)28)12-13-6-7-15(21)16(22)10-13/h2-7,10H,8-9,11-12H2,1H3,(H,27,28). The van der Waals surface area contributed by atoms with Gasteiger partial charge in [0.2, 0.25) is 5.91 Å². The minimum absolute atomic E-state index is 0.0198. The number of amides is 1. The van der Waals surface area contributed by atoms with Crippen LogP contribution in [0.25, 0.3) is 10.9 Å². The third-order valence-electron chi connectivity index (χ3n) is 4.46. The molecular weight excluding hydrogens is 368 g/mol. The van der Waals surface area contributed by atoms with E-state index in [0.29, 0.717) is 11.3 Å². The zero-order valence-corrected chi connectivity index (χ0v) is 15.2. The van der Waals surface area contributed by atoms with Gasteiger partial charge in [0.15, 0.2) is 11.6 Å². The molecule has 1 N–H and O–H groups in total. The van der Waals surface area contributed by atoms with Gasteiger partial charge in [-0.1, -0.05) is 24.3 Å². The lowest BCUT2D eigenvalue weighted by molar-refractivity contribution is -0.138. The van der Waals surface area contributed by atoms with Gasteiger partial charge in [-0.15, -0.1) is 0 Å². The van der Waals surface area contributed by atoms with Crippen molar-refractivity contribution in [3.8, 4) is 0 Å². The first-order valence-electron chi connectivity index (χ1n) is 8.69. The summed E-state index contributed by atoms with van der Waals surface area (Å²) in [5.41, 5.74) is 1.83. The van der Waals surface area contributed by atoms with Crippen molar-refractivity contribution in [2.75, 3.05) is 6.54 Å². The molecule has 0 aliphatic heterocycles. The van der Waals surface area contributed by atoms with Crippen LogP contribution in [0.1, 0.15) is 17.7 Å². The van der Waals surface area contributed by atoms with Crippen LogP contribution < -0.4 is 0 Å². The summed E-state index contributed by atoms with van der Waals surface area (Å²) in [6, 6.07) is 10.8. The van der Waals surface area contributed by atoms with E-state index in [1.165, 1.54) is 11.0 Å². The molecule has 0 radical (unpaired) electrons. The van der Waals surface area contributed by atoms with E-state index in [4.69, 9.17) is 5.11 Å². The Hall–Kier alpha value is -3.29. The fourth-order valence-corrected chi connectivity index (χ4v) is 3.06. The van der Waals surface area contributed by atoms with Crippen molar-refractivity contribution in [3.05, 3.63) is 65.4 Å². The molecule has 0 bridgehead atoms. The summed E-state index contributed by atoms with van der Waals surface area (Å²) in [4.78, 5) is 25.1. The average Bonchev–Trinajstić information content (AvgIpc) is 2.97. The second kappa shape index (κ2) is 8.16. The van der Waals surface area contributed by atoms with E-state index in [1.807, 2.05) is 24.3 Å². The molecule has 146 valence electrons. The lowest BCUT2D eigenvalue weighted by Crippen LogP contribution is -2.34. The lowest BCUT2D eigenvalue weighted by atomic mass is 10.1. The van der Waals surface area contributed by atoms with Gasteiger partial charge in [0.05, 0.1) is 24.1 Å². The van der Waals surface area contributed by atoms with Crippen molar-refractivity contribution >= 4 is 22.8 Å². The summed E-state index contributed by atoms with van der Waals surface area (Å²) in [6.07, 6.45) is -0.275. The van der Waals surface area contributed by atoms with Crippen molar-refractivity contribution in [1.82, 2.24) is 14.7 Å². The number of carbonyl (C=O) groups excluding carboxylic acids is 1. The van der Waals surface area contributed by atoms with Gasteiger partial charge >= 0.3 is 5.97 Å². The van der Waals surface area contributed by atoms with Crippen molar-refractivity contribution in [3.63, 3.8) is 0 Å². The number of carboxylic acids is 1. The highest BCUT2D eigenvalue weighted by molar-refractivity contribution is 5.87. The van der Waals surface area contributed by atoms with Gasteiger partial charge < -0.3 is 10.0 Å². The highest BCUT2D eigenvalue weighted by Gasteiger charge is 2.19. The quantitative estimate of drug-likeness (QED) is 0.676. The van der Waals surface area contributed by atoms with E-state index < -0.39 is 17.6 Å². The third kappa shape index (κ3) is 4.33. The number of benzene rings is 2. The average molecular weight is 387 g/mol. The van der Waals surface area contributed by atoms with Gasteiger partial charge in [-0.2, -0.15) is 5.10 Å². The molecule has 0 atom stereocenters. The first-order chi connectivity index (χ1) is 13.3. The highest BCUT2D eigenvalue weighted by Crippen LogP contribution is 2.19. The largest absolute Gasteiger partial charge is 0.481 e. The number of carbonyl (C=O) groups is 2. The molecule has 0 saturated heterocycles. The van der Waals surface area contributed by atoms with Crippen LogP contribution in [0.2, 0.25) is 0 Å². The Morgan fingerprint density at radius 2 is 1.89 bits per heavy atom. The fraction of sp³-hybridized carbons (Fsp3) is 0.250. The Labute approximate surface area is 160 Å². The minimum atomic E-state index is -1.05. The number of aromatic nitrogens is 2. The van der Waals surface area contributed by atoms with Crippen LogP contribution in [-0.2, 0) is 29.6 Å². The molecule has 6 nitrogen and oxygen atoms in total. The van der Waals surface area contributed by atoms with Gasteiger partial charge in [0, 0.05) is 25.5 Å². The predicted molar refractivity (Wildman–Crippen MR) is 98.4 cm³/mol. The topological polar surface area (TPSA) is 75.4 Å². The van der Waals surface area contributed by atoms with Crippen molar-refractivity contribution in [2.24, 2.45) is 7.05 Å². The number of halogens is 2. The van der Waals surface area contributed by atoms with Crippen LogP contribution in [0.15, 0.2) is 42.5 Å². The first kappa shape index (κ1) is 19.5. The number of fused-ring (bicyclic) bond motifs is 1.